The van der Waals surface area contributed by atoms with Crippen molar-refractivity contribution in [1.29, 1.82) is 5.26 Å². The number of nitrogens with zero attached hydrogens (tertiary/aromatic N) is 4. The van der Waals surface area contributed by atoms with Gasteiger partial charge >= 0.3 is 0 Å². The number of morpholine rings is 1. The first kappa shape index (κ1) is 20.8. The van der Waals surface area contributed by atoms with Gasteiger partial charge in [-0.3, -0.25) is 14.5 Å². The van der Waals surface area contributed by atoms with Gasteiger partial charge in [0.1, 0.15) is 0 Å². The summed E-state index contributed by atoms with van der Waals surface area (Å²) >= 11 is 0. The van der Waals surface area contributed by atoms with Crippen LogP contribution in [-0.2, 0) is 14.3 Å². The van der Waals surface area contributed by atoms with Crippen molar-refractivity contribution in [1.82, 2.24) is 9.80 Å². The highest BCUT2D eigenvalue weighted by Crippen LogP contribution is 2.29. The fourth-order valence-corrected chi connectivity index (χ4v) is 5.05. The molecule has 2 amide bonds. The lowest BCUT2D eigenvalue weighted by atomic mass is 9.93. The van der Waals surface area contributed by atoms with Gasteiger partial charge in [0, 0.05) is 31.2 Å². The average Bonchev–Trinajstić information content (AvgIpc) is 3.14. The minimum absolute atomic E-state index is 0.0462. The highest BCUT2D eigenvalue weighted by atomic mass is 16.5. The highest BCUT2D eigenvalue weighted by molar-refractivity contribution is 5.99. The monoisotopic (exact) mass is 410 g/mol. The summed E-state index contributed by atoms with van der Waals surface area (Å²) in [5, 5.41) is 8.96. The lowest BCUT2D eigenvalue weighted by Gasteiger charge is -2.40. The minimum Gasteiger partial charge on any atom is -0.372 e. The van der Waals surface area contributed by atoms with Crippen molar-refractivity contribution < 1.29 is 14.3 Å². The van der Waals surface area contributed by atoms with Crippen molar-refractivity contribution in [3.8, 4) is 6.07 Å². The van der Waals surface area contributed by atoms with Gasteiger partial charge in [0.25, 0.3) is 0 Å². The van der Waals surface area contributed by atoms with Gasteiger partial charge in [0.2, 0.25) is 11.8 Å². The zero-order chi connectivity index (χ0) is 21.3. The Balaban J connectivity index is 1.32. The number of ether oxygens (including phenoxy) is 1. The van der Waals surface area contributed by atoms with Crippen LogP contribution < -0.4 is 4.90 Å². The number of anilines is 1. The summed E-state index contributed by atoms with van der Waals surface area (Å²) in [6.07, 6.45) is 2.58. The molecule has 0 N–H and O–H groups in total. The number of nitriles is 1. The number of carbonyl (C=O) groups excluding carboxylic acids is 2. The second-order valence-corrected chi connectivity index (χ2v) is 8.76. The third-order valence-corrected chi connectivity index (χ3v) is 6.54. The van der Waals surface area contributed by atoms with E-state index in [-0.39, 0.29) is 36.0 Å². The zero-order valence-electron chi connectivity index (χ0n) is 17.8. The van der Waals surface area contributed by atoms with E-state index < -0.39 is 0 Å². The van der Waals surface area contributed by atoms with Gasteiger partial charge in [-0.25, -0.2) is 0 Å². The molecule has 0 aliphatic carbocycles. The first-order valence-electron chi connectivity index (χ1n) is 11.0. The van der Waals surface area contributed by atoms with Crippen LogP contribution in [0, 0.1) is 17.2 Å². The van der Waals surface area contributed by atoms with Crippen LogP contribution in [0.1, 0.15) is 38.7 Å². The molecule has 3 unspecified atom stereocenters. The molecule has 3 aliphatic heterocycles. The molecule has 7 heteroatoms. The number of piperidine rings is 1. The molecule has 3 heterocycles. The third kappa shape index (κ3) is 4.21. The summed E-state index contributed by atoms with van der Waals surface area (Å²) < 4.78 is 5.75. The summed E-state index contributed by atoms with van der Waals surface area (Å²) in [6, 6.07) is 9.18. The van der Waals surface area contributed by atoms with Crippen molar-refractivity contribution >= 4 is 17.5 Å². The molecule has 1 aromatic carbocycles. The molecule has 0 aromatic heterocycles. The van der Waals surface area contributed by atoms with E-state index in [4.69, 9.17) is 10.00 Å². The standard InChI is InChI=1S/C23H30N4O3/c1-16-14-26(15-17(2)30-16)22(28)19-7-10-25(11-8-19)21-9-12-27(23(21)29)20-5-3-18(13-24)4-6-20/h3-6,16-17,19,21H,7-12,14-15H2,1-2H3. The number of carbonyl (C=O) groups is 2. The maximum atomic E-state index is 13.0. The van der Waals surface area contributed by atoms with Crippen LogP contribution in [-0.4, -0.2) is 72.6 Å². The van der Waals surface area contributed by atoms with Crippen molar-refractivity contribution in [2.75, 3.05) is 37.6 Å². The first-order chi connectivity index (χ1) is 14.5. The van der Waals surface area contributed by atoms with Crippen LogP contribution in [0.25, 0.3) is 0 Å². The first-order valence-corrected chi connectivity index (χ1v) is 11.0. The van der Waals surface area contributed by atoms with Crippen molar-refractivity contribution in [3.63, 3.8) is 0 Å². The molecular weight excluding hydrogens is 380 g/mol. The van der Waals surface area contributed by atoms with E-state index in [2.05, 4.69) is 11.0 Å². The van der Waals surface area contributed by atoms with E-state index in [1.807, 2.05) is 35.8 Å². The summed E-state index contributed by atoms with van der Waals surface area (Å²) in [5.74, 6) is 0.416. The molecule has 3 saturated heterocycles. The van der Waals surface area contributed by atoms with Crippen LogP contribution in [0.2, 0.25) is 0 Å². The maximum Gasteiger partial charge on any atom is 0.244 e. The SMILES string of the molecule is CC1CN(C(=O)C2CCN(C3CCN(c4ccc(C#N)cc4)C3=O)CC2)CC(C)O1. The molecule has 7 nitrogen and oxygen atoms in total. The lowest BCUT2D eigenvalue weighted by Crippen LogP contribution is -2.52. The molecule has 3 fully saturated rings. The predicted octanol–water partition coefficient (Wildman–Crippen LogP) is 2.01. The Morgan fingerprint density at radius 3 is 2.27 bits per heavy atom. The van der Waals surface area contributed by atoms with E-state index in [1.54, 1.807) is 12.1 Å². The number of benzene rings is 1. The van der Waals surface area contributed by atoms with Crippen LogP contribution >= 0.6 is 0 Å². The molecule has 4 rings (SSSR count). The van der Waals surface area contributed by atoms with Crippen LogP contribution in [0.15, 0.2) is 24.3 Å². The van der Waals surface area contributed by atoms with Gasteiger partial charge in [0.05, 0.1) is 29.9 Å². The van der Waals surface area contributed by atoms with E-state index >= 15 is 0 Å². The van der Waals surface area contributed by atoms with Crippen molar-refractivity contribution in [3.05, 3.63) is 29.8 Å². The summed E-state index contributed by atoms with van der Waals surface area (Å²) in [4.78, 5) is 32.0. The Bertz CT molecular complexity index is 816. The normalized spacial score (nSPS) is 28.6. The fourth-order valence-electron chi connectivity index (χ4n) is 5.05. The van der Waals surface area contributed by atoms with Crippen LogP contribution in [0.4, 0.5) is 5.69 Å². The molecule has 1 aromatic rings. The molecule has 160 valence electrons. The van der Waals surface area contributed by atoms with Gasteiger partial charge in [-0.05, 0) is 70.5 Å². The molecule has 3 atom stereocenters. The van der Waals surface area contributed by atoms with Gasteiger partial charge in [0.15, 0.2) is 0 Å². The predicted molar refractivity (Wildman–Crippen MR) is 113 cm³/mol. The lowest BCUT2D eigenvalue weighted by molar-refractivity contribution is -0.149. The van der Waals surface area contributed by atoms with Gasteiger partial charge < -0.3 is 14.5 Å². The van der Waals surface area contributed by atoms with Gasteiger partial charge in [-0.2, -0.15) is 5.26 Å². The Labute approximate surface area is 178 Å². The van der Waals surface area contributed by atoms with Crippen LogP contribution in [0.5, 0.6) is 0 Å². The van der Waals surface area contributed by atoms with Gasteiger partial charge in [-0.1, -0.05) is 0 Å². The maximum absolute atomic E-state index is 13.0. The van der Waals surface area contributed by atoms with E-state index in [0.29, 0.717) is 25.2 Å². The average molecular weight is 411 g/mol. The third-order valence-electron chi connectivity index (χ3n) is 6.54. The number of amides is 2. The van der Waals surface area contributed by atoms with E-state index in [9.17, 15) is 9.59 Å². The second kappa shape index (κ2) is 8.75. The molecule has 0 radical (unpaired) electrons. The molecule has 30 heavy (non-hydrogen) atoms. The van der Waals surface area contributed by atoms with Crippen LogP contribution in [0.3, 0.4) is 0 Å². The Hall–Kier alpha value is -2.43. The van der Waals surface area contributed by atoms with E-state index in [0.717, 1.165) is 38.0 Å². The largest absolute Gasteiger partial charge is 0.372 e. The number of likely N-dealkylation sites (tertiary alicyclic amines) is 1. The quantitative estimate of drug-likeness (QED) is 0.762. The Morgan fingerprint density at radius 1 is 1.03 bits per heavy atom. The van der Waals surface area contributed by atoms with Crippen molar-refractivity contribution in [2.45, 2.75) is 51.4 Å². The summed E-state index contributed by atoms with van der Waals surface area (Å²) in [6.45, 7) is 7.63. The van der Waals surface area contributed by atoms with Gasteiger partial charge in [-0.15, -0.1) is 0 Å². The Kier molecular flexibility index (Phi) is 6.07. The molecule has 3 aliphatic rings. The number of rotatable bonds is 3. The molecule has 0 saturated carbocycles. The zero-order valence-corrected chi connectivity index (χ0v) is 17.8. The minimum atomic E-state index is -0.111. The Morgan fingerprint density at radius 2 is 1.67 bits per heavy atom. The fraction of sp³-hybridized carbons (Fsp3) is 0.609. The van der Waals surface area contributed by atoms with E-state index in [1.165, 1.54) is 0 Å². The number of hydrogen-bond acceptors (Lipinski definition) is 5. The highest BCUT2D eigenvalue weighted by Gasteiger charge is 2.40. The van der Waals surface area contributed by atoms with Crippen molar-refractivity contribution in [2.24, 2.45) is 5.92 Å². The summed E-state index contributed by atoms with van der Waals surface area (Å²) in [5.41, 5.74) is 1.44. The topological polar surface area (TPSA) is 76.9 Å². The molecule has 0 spiro atoms. The molecular formula is C23H30N4O3. The second-order valence-electron chi connectivity index (χ2n) is 8.76. The summed E-state index contributed by atoms with van der Waals surface area (Å²) in [7, 11) is 0. The number of hydrogen-bond donors (Lipinski definition) is 0. The smallest absolute Gasteiger partial charge is 0.244 e. The molecule has 0 bridgehead atoms.